The van der Waals surface area contributed by atoms with Crippen molar-refractivity contribution < 1.29 is 19.1 Å². The van der Waals surface area contributed by atoms with Crippen LogP contribution in [0.25, 0.3) is 11.3 Å². The number of hydrogen-bond acceptors (Lipinski definition) is 5. The first-order valence-electron chi connectivity index (χ1n) is 8.62. The summed E-state index contributed by atoms with van der Waals surface area (Å²) in [6.07, 6.45) is 2.55. The molecule has 1 heterocycles. The lowest BCUT2D eigenvalue weighted by molar-refractivity contribution is -0.136. The Morgan fingerprint density at radius 1 is 1.04 bits per heavy atom. The van der Waals surface area contributed by atoms with Gasteiger partial charge in [0, 0.05) is 17.0 Å². The van der Waals surface area contributed by atoms with Crippen molar-refractivity contribution in [2.45, 2.75) is 11.0 Å². The van der Waals surface area contributed by atoms with Crippen molar-refractivity contribution in [3.63, 3.8) is 0 Å². The second-order valence-electron chi connectivity index (χ2n) is 5.98. The summed E-state index contributed by atoms with van der Waals surface area (Å²) in [6, 6.07) is 18.0. The summed E-state index contributed by atoms with van der Waals surface area (Å²) in [4.78, 5) is 25.0. The number of aliphatic hydroxyl groups is 1. The second-order valence-corrected chi connectivity index (χ2v) is 6.83. The Balaban J connectivity index is 1.54. The van der Waals surface area contributed by atoms with Crippen LogP contribution in [0.1, 0.15) is 11.7 Å². The molecule has 0 radical (unpaired) electrons. The van der Waals surface area contributed by atoms with Gasteiger partial charge in [-0.1, -0.05) is 36.4 Å². The average molecular weight is 396 g/mol. The van der Waals surface area contributed by atoms with Gasteiger partial charge in [0.25, 0.3) is 0 Å². The number of amides is 2. The molecule has 0 aliphatic carbocycles. The monoisotopic (exact) mass is 396 g/mol. The summed E-state index contributed by atoms with van der Waals surface area (Å²) >= 11 is 1.47. The standard InChI is InChI=1S/C21H20N2O4S/c1-28-19-7-3-2-5-16(19)23-21(26)20(25)22-13-17(24)14-8-10-15(11-9-14)18-6-4-12-27-18/h2-12,17,24H,13H2,1H3,(H,22,25)(H,23,26)/t17-/m0/s1. The summed E-state index contributed by atoms with van der Waals surface area (Å²) in [5.41, 5.74) is 2.09. The molecule has 1 aromatic heterocycles. The lowest BCUT2D eigenvalue weighted by Crippen LogP contribution is -2.37. The fourth-order valence-corrected chi connectivity index (χ4v) is 3.18. The molecular weight excluding hydrogens is 376 g/mol. The molecule has 0 unspecified atom stereocenters. The Hall–Kier alpha value is -3.03. The van der Waals surface area contributed by atoms with Crippen molar-refractivity contribution in [2.24, 2.45) is 0 Å². The molecule has 0 saturated carbocycles. The number of rotatable bonds is 6. The molecule has 6 nitrogen and oxygen atoms in total. The van der Waals surface area contributed by atoms with Gasteiger partial charge >= 0.3 is 11.8 Å². The molecule has 0 spiro atoms. The number of hydrogen-bond donors (Lipinski definition) is 3. The smallest absolute Gasteiger partial charge is 0.313 e. The number of nitrogens with one attached hydrogen (secondary N) is 2. The average Bonchev–Trinajstić information content (AvgIpc) is 3.27. The van der Waals surface area contributed by atoms with E-state index in [0.717, 1.165) is 16.2 Å². The highest BCUT2D eigenvalue weighted by atomic mass is 32.2. The van der Waals surface area contributed by atoms with Crippen LogP contribution in [-0.4, -0.2) is 29.7 Å². The Kier molecular flexibility index (Phi) is 6.52. The van der Waals surface area contributed by atoms with Gasteiger partial charge in [0.05, 0.1) is 18.1 Å². The molecule has 0 saturated heterocycles. The molecule has 0 fully saturated rings. The minimum absolute atomic E-state index is 0.0729. The lowest BCUT2D eigenvalue weighted by Gasteiger charge is -2.13. The number of carbonyl (C=O) groups is 2. The van der Waals surface area contributed by atoms with Gasteiger partial charge in [0.15, 0.2) is 0 Å². The lowest BCUT2D eigenvalue weighted by atomic mass is 10.1. The topological polar surface area (TPSA) is 91.6 Å². The van der Waals surface area contributed by atoms with E-state index in [1.54, 1.807) is 36.6 Å². The highest BCUT2D eigenvalue weighted by Gasteiger charge is 2.17. The fourth-order valence-electron chi connectivity index (χ4n) is 2.63. The summed E-state index contributed by atoms with van der Waals surface area (Å²) in [7, 11) is 0. The van der Waals surface area contributed by atoms with E-state index < -0.39 is 17.9 Å². The van der Waals surface area contributed by atoms with Crippen molar-refractivity contribution in [1.29, 1.82) is 0 Å². The third-order valence-corrected chi connectivity index (χ3v) is 4.91. The van der Waals surface area contributed by atoms with E-state index in [1.165, 1.54) is 11.8 Å². The molecule has 144 valence electrons. The number of anilines is 1. The number of benzene rings is 2. The van der Waals surface area contributed by atoms with Crippen LogP contribution in [0, 0.1) is 0 Å². The fraction of sp³-hybridized carbons (Fsp3) is 0.143. The van der Waals surface area contributed by atoms with Crippen molar-refractivity contribution in [2.75, 3.05) is 18.1 Å². The summed E-state index contributed by atoms with van der Waals surface area (Å²) in [5, 5.41) is 15.3. The Morgan fingerprint density at radius 2 is 1.79 bits per heavy atom. The van der Waals surface area contributed by atoms with E-state index >= 15 is 0 Å². The third-order valence-electron chi connectivity index (χ3n) is 4.12. The number of furan rings is 1. The van der Waals surface area contributed by atoms with Gasteiger partial charge in [0.1, 0.15) is 5.76 Å². The van der Waals surface area contributed by atoms with Gasteiger partial charge in [-0.05, 0) is 36.1 Å². The summed E-state index contributed by atoms with van der Waals surface area (Å²) < 4.78 is 5.33. The molecular formula is C21H20N2O4S. The number of para-hydroxylation sites is 1. The molecule has 7 heteroatoms. The van der Waals surface area contributed by atoms with Crippen LogP contribution >= 0.6 is 11.8 Å². The molecule has 2 amide bonds. The van der Waals surface area contributed by atoms with E-state index in [1.807, 2.05) is 36.6 Å². The van der Waals surface area contributed by atoms with E-state index in [4.69, 9.17) is 4.42 Å². The predicted octanol–water partition coefficient (Wildman–Crippen LogP) is 3.46. The third kappa shape index (κ3) is 4.82. The maximum absolute atomic E-state index is 12.1. The van der Waals surface area contributed by atoms with Crippen molar-refractivity contribution in [3.05, 3.63) is 72.5 Å². The van der Waals surface area contributed by atoms with Gasteiger partial charge in [-0.2, -0.15) is 0 Å². The summed E-state index contributed by atoms with van der Waals surface area (Å²) in [5.74, 6) is -0.847. The number of thioether (sulfide) groups is 1. The number of carbonyl (C=O) groups excluding carboxylic acids is 2. The summed E-state index contributed by atoms with van der Waals surface area (Å²) in [6.45, 7) is -0.0729. The maximum atomic E-state index is 12.1. The van der Waals surface area contributed by atoms with E-state index in [-0.39, 0.29) is 6.54 Å². The van der Waals surface area contributed by atoms with Gasteiger partial charge in [-0.15, -0.1) is 11.8 Å². The largest absolute Gasteiger partial charge is 0.464 e. The first-order valence-corrected chi connectivity index (χ1v) is 9.85. The molecule has 2 aromatic carbocycles. The first kappa shape index (κ1) is 19.7. The second kappa shape index (κ2) is 9.25. The zero-order valence-corrected chi connectivity index (χ0v) is 16.0. The zero-order valence-electron chi connectivity index (χ0n) is 15.2. The van der Waals surface area contributed by atoms with Crippen molar-refractivity contribution in [3.8, 4) is 11.3 Å². The van der Waals surface area contributed by atoms with Gasteiger partial charge in [-0.25, -0.2) is 0 Å². The van der Waals surface area contributed by atoms with Crippen LogP contribution in [0.15, 0.2) is 76.2 Å². The molecule has 0 aliphatic rings. The SMILES string of the molecule is CSc1ccccc1NC(=O)C(=O)NC[C@H](O)c1ccc(-c2ccco2)cc1. The van der Waals surface area contributed by atoms with Crippen molar-refractivity contribution in [1.82, 2.24) is 5.32 Å². The minimum atomic E-state index is -0.930. The van der Waals surface area contributed by atoms with Crippen LogP contribution in [0.5, 0.6) is 0 Å². The van der Waals surface area contributed by atoms with Crippen LogP contribution in [0.4, 0.5) is 5.69 Å². The molecule has 0 bridgehead atoms. The molecule has 3 N–H and O–H groups in total. The first-order chi connectivity index (χ1) is 13.6. The van der Waals surface area contributed by atoms with Gasteiger partial charge in [0.2, 0.25) is 0 Å². The molecule has 1 atom stereocenters. The zero-order chi connectivity index (χ0) is 19.9. The number of aliphatic hydroxyl groups excluding tert-OH is 1. The van der Waals surface area contributed by atoms with Gasteiger partial charge in [-0.3, -0.25) is 9.59 Å². The van der Waals surface area contributed by atoms with E-state index in [2.05, 4.69) is 10.6 Å². The normalized spacial score (nSPS) is 11.6. The molecule has 28 heavy (non-hydrogen) atoms. The highest BCUT2D eigenvalue weighted by Crippen LogP contribution is 2.24. The predicted molar refractivity (Wildman–Crippen MR) is 109 cm³/mol. The molecule has 3 aromatic rings. The Morgan fingerprint density at radius 3 is 2.46 bits per heavy atom. The van der Waals surface area contributed by atoms with E-state index in [9.17, 15) is 14.7 Å². The van der Waals surface area contributed by atoms with Crippen LogP contribution < -0.4 is 10.6 Å². The van der Waals surface area contributed by atoms with Crippen LogP contribution in [-0.2, 0) is 9.59 Å². The molecule has 0 aliphatic heterocycles. The highest BCUT2D eigenvalue weighted by molar-refractivity contribution is 7.98. The van der Waals surface area contributed by atoms with Crippen molar-refractivity contribution >= 4 is 29.3 Å². The quantitative estimate of drug-likeness (QED) is 0.438. The van der Waals surface area contributed by atoms with Gasteiger partial charge < -0.3 is 20.2 Å². The Bertz CT molecular complexity index is 939. The minimum Gasteiger partial charge on any atom is -0.464 e. The Labute approximate surface area is 167 Å². The van der Waals surface area contributed by atoms with Crippen LogP contribution in [0.2, 0.25) is 0 Å². The van der Waals surface area contributed by atoms with Crippen LogP contribution in [0.3, 0.4) is 0 Å². The molecule has 3 rings (SSSR count). The van der Waals surface area contributed by atoms with E-state index in [0.29, 0.717) is 11.3 Å². The maximum Gasteiger partial charge on any atom is 0.313 e.